The van der Waals surface area contributed by atoms with Gasteiger partial charge in [-0.1, -0.05) is 23.2 Å². The van der Waals surface area contributed by atoms with Crippen LogP contribution in [0.4, 0.5) is 5.69 Å². The minimum atomic E-state index is 0.488. The second kappa shape index (κ2) is 3.78. The standard InChI is InChI=1S/C8H8Cl2N2/c1-12-8-3-5(9)2-7(10)6(8)4-11/h2-4,11-12H,1H3. The van der Waals surface area contributed by atoms with E-state index in [9.17, 15) is 0 Å². The molecule has 0 aliphatic rings. The van der Waals surface area contributed by atoms with Gasteiger partial charge < -0.3 is 10.7 Å². The van der Waals surface area contributed by atoms with E-state index in [4.69, 9.17) is 28.6 Å². The minimum Gasteiger partial charge on any atom is -0.388 e. The molecule has 0 bridgehead atoms. The molecule has 1 aromatic carbocycles. The molecular weight excluding hydrogens is 195 g/mol. The molecule has 2 nitrogen and oxygen atoms in total. The van der Waals surface area contributed by atoms with Gasteiger partial charge in [-0.3, -0.25) is 0 Å². The highest BCUT2D eigenvalue weighted by atomic mass is 35.5. The molecule has 0 fully saturated rings. The smallest absolute Gasteiger partial charge is 0.0529 e. The molecular formula is C8H8Cl2N2. The van der Waals surface area contributed by atoms with Gasteiger partial charge in [-0.15, -0.1) is 0 Å². The molecule has 0 amide bonds. The predicted molar refractivity (Wildman–Crippen MR) is 53.9 cm³/mol. The average molecular weight is 203 g/mol. The van der Waals surface area contributed by atoms with Crippen LogP contribution in [-0.2, 0) is 0 Å². The molecule has 0 heterocycles. The zero-order valence-corrected chi connectivity index (χ0v) is 8.00. The number of nitrogens with one attached hydrogen (secondary N) is 2. The van der Waals surface area contributed by atoms with Crippen LogP contribution in [0.3, 0.4) is 0 Å². The summed E-state index contributed by atoms with van der Waals surface area (Å²) in [5.74, 6) is 0. The molecule has 64 valence electrons. The van der Waals surface area contributed by atoms with Gasteiger partial charge in [0.2, 0.25) is 0 Å². The maximum atomic E-state index is 7.11. The lowest BCUT2D eigenvalue weighted by Crippen LogP contribution is -1.94. The van der Waals surface area contributed by atoms with E-state index in [1.807, 2.05) is 0 Å². The van der Waals surface area contributed by atoms with Crippen LogP contribution < -0.4 is 5.32 Å². The van der Waals surface area contributed by atoms with E-state index in [1.165, 1.54) is 6.21 Å². The molecule has 0 aliphatic heterocycles. The van der Waals surface area contributed by atoms with E-state index >= 15 is 0 Å². The first-order chi connectivity index (χ1) is 5.69. The van der Waals surface area contributed by atoms with E-state index in [2.05, 4.69) is 5.32 Å². The van der Waals surface area contributed by atoms with Crippen molar-refractivity contribution in [3.63, 3.8) is 0 Å². The monoisotopic (exact) mass is 202 g/mol. The second-order valence-corrected chi connectivity index (χ2v) is 3.09. The quantitative estimate of drug-likeness (QED) is 0.712. The Hall–Kier alpha value is -0.730. The Morgan fingerprint density at radius 2 is 2.08 bits per heavy atom. The van der Waals surface area contributed by atoms with Gasteiger partial charge in [-0.25, -0.2) is 0 Å². The third kappa shape index (κ3) is 1.71. The van der Waals surface area contributed by atoms with Crippen molar-refractivity contribution in [1.29, 1.82) is 5.41 Å². The molecule has 0 unspecified atom stereocenters. The van der Waals surface area contributed by atoms with Crippen molar-refractivity contribution in [2.75, 3.05) is 12.4 Å². The highest BCUT2D eigenvalue weighted by Gasteiger charge is 2.04. The third-order valence-electron chi connectivity index (χ3n) is 1.51. The van der Waals surface area contributed by atoms with Gasteiger partial charge in [-0.2, -0.15) is 0 Å². The molecule has 0 atom stereocenters. The predicted octanol–water partition coefficient (Wildman–Crippen LogP) is 3.03. The van der Waals surface area contributed by atoms with Crippen molar-refractivity contribution in [3.05, 3.63) is 27.7 Å². The molecule has 0 radical (unpaired) electrons. The van der Waals surface area contributed by atoms with Gasteiger partial charge in [0.05, 0.1) is 5.02 Å². The van der Waals surface area contributed by atoms with Gasteiger partial charge in [0.15, 0.2) is 0 Å². The second-order valence-electron chi connectivity index (χ2n) is 2.24. The third-order valence-corrected chi connectivity index (χ3v) is 2.04. The van der Waals surface area contributed by atoms with Crippen molar-refractivity contribution in [2.24, 2.45) is 0 Å². The van der Waals surface area contributed by atoms with Gasteiger partial charge in [0.1, 0.15) is 0 Å². The maximum Gasteiger partial charge on any atom is 0.0529 e. The van der Waals surface area contributed by atoms with Crippen LogP contribution in [-0.4, -0.2) is 13.3 Å². The van der Waals surface area contributed by atoms with Crippen molar-refractivity contribution in [2.45, 2.75) is 0 Å². The summed E-state index contributed by atoms with van der Waals surface area (Å²) >= 11 is 11.6. The minimum absolute atomic E-state index is 0.488. The SMILES string of the molecule is CNc1cc(Cl)cc(Cl)c1C=N. The summed E-state index contributed by atoms with van der Waals surface area (Å²) in [5.41, 5.74) is 1.42. The number of hydrogen-bond acceptors (Lipinski definition) is 2. The van der Waals surface area contributed by atoms with Crippen LogP contribution in [0.25, 0.3) is 0 Å². The summed E-state index contributed by atoms with van der Waals surface area (Å²) < 4.78 is 0. The lowest BCUT2D eigenvalue weighted by Gasteiger charge is -2.06. The number of halogens is 2. The molecule has 0 saturated carbocycles. The van der Waals surface area contributed by atoms with Gasteiger partial charge >= 0.3 is 0 Å². The van der Waals surface area contributed by atoms with Gasteiger partial charge in [0, 0.05) is 29.5 Å². The zero-order valence-electron chi connectivity index (χ0n) is 6.49. The Kier molecular flexibility index (Phi) is 2.95. The Morgan fingerprint density at radius 1 is 1.42 bits per heavy atom. The van der Waals surface area contributed by atoms with Gasteiger partial charge in [-0.05, 0) is 12.1 Å². The van der Waals surface area contributed by atoms with Crippen LogP contribution in [0.15, 0.2) is 12.1 Å². The first-order valence-electron chi connectivity index (χ1n) is 3.36. The first-order valence-corrected chi connectivity index (χ1v) is 4.12. The van der Waals surface area contributed by atoms with E-state index in [1.54, 1.807) is 19.2 Å². The molecule has 1 rings (SSSR count). The highest BCUT2D eigenvalue weighted by Crippen LogP contribution is 2.27. The Labute approximate surface area is 81.0 Å². The van der Waals surface area contributed by atoms with Crippen molar-refractivity contribution >= 4 is 35.1 Å². The van der Waals surface area contributed by atoms with Crippen LogP contribution >= 0.6 is 23.2 Å². The zero-order chi connectivity index (χ0) is 9.14. The molecule has 4 heteroatoms. The number of anilines is 1. The summed E-state index contributed by atoms with van der Waals surface area (Å²) in [6.45, 7) is 0. The van der Waals surface area contributed by atoms with Crippen LogP contribution in [0.2, 0.25) is 10.0 Å². The largest absolute Gasteiger partial charge is 0.388 e. The summed E-state index contributed by atoms with van der Waals surface area (Å²) in [6, 6.07) is 3.35. The maximum absolute atomic E-state index is 7.11. The Morgan fingerprint density at radius 3 is 2.58 bits per heavy atom. The molecule has 0 spiro atoms. The van der Waals surface area contributed by atoms with Crippen molar-refractivity contribution < 1.29 is 0 Å². The fourth-order valence-corrected chi connectivity index (χ4v) is 1.49. The molecule has 0 aromatic heterocycles. The molecule has 0 aliphatic carbocycles. The topological polar surface area (TPSA) is 35.9 Å². The van der Waals surface area contributed by atoms with Crippen LogP contribution in [0.1, 0.15) is 5.56 Å². The number of hydrogen-bond donors (Lipinski definition) is 2. The van der Waals surface area contributed by atoms with Gasteiger partial charge in [0.25, 0.3) is 0 Å². The van der Waals surface area contributed by atoms with Crippen molar-refractivity contribution in [3.8, 4) is 0 Å². The highest BCUT2D eigenvalue weighted by molar-refractivity contribution is 6.37. The fourth-order valence-electron chi connectivity index (χ4n) is 0.938. The van der Waals surface area contributed by atoms with E-state index in [0.29, 0.717) is 15.6 Å². The molecule has 12 heavy (non-hydrogen) atoms. The van der Waals surface area contributed by atoms with Crippen LogP contribution in [0, 0.1) is 5.41 Å². The average Bonchev–Trinajstić information content (AvgIpc) is 2.03. The lowest BCUT2D eigenvalue weighted by atomic mass is 10.2. The Bertz CT molecular complexity index is 310. The summed E-state index contributed by atoms with van der Waals surface area (Å²) in [4.78, 5) is 0. The lowest BCUT2D eigenvalue weighted by molar-refractivity contribution is 1.47. The summed E-state index contributed by atoms with van der Waals surface area (Å²) in [5, 5.41) is 11.1. The molecule has 0 saturated heterocycles. The Balaban J connectivity index is 3.33. The summed E-state index contributed by atoms with van der Waals surface area (Å²) in [6.07, 6.45) is 1.20. The van der Waals surface area contributed by atoms with E-state index in [-0.39, 0.29) is 0 Å². The van der Waals surface area contributed by atoms with E-state index in [0.717, 1.165) is 5.69 Å². The van der Waals surface area contributed by atoms with Crippen molar-refractivity contribution in [1.82, 2.24) is 0 Å². The number of benzene rings is 1. The number of rotatable bonds is 2. The first kappa shape index (κ1) is 9.36. The van der Waals surface area contributed by atoms with E-state index < -0.39 is 0 Å². The summed E-state index contributed by atoms with van der Waals surface area (Å²) in [7, 11) is 1.76. The fraction of sp³-hybridized carbons (Fsp3) is 0.125. The molecule has 1 aromatic rings. The van der Waals surface area contributed by atoms with Crippen LogP contribution in [0.5, 0.6) is 0 Å². The normalized spacial score (nSPS) is 9.58. The molecule has 2 N–H and O–H groups in total.